The molecule has 1 aromatic carbocycles. The number of aryl methyl sites for hydroxylation is 1. The highest BCUT2D eigenvalue weighted by Crippen LogP contribution is 2.29. The van der Waals surface area contributed by atoms with E-state index in [0.717, 1.165) is 12.1 Å². The van der Waals surface area contributed by atoms with Crippen molar-refractivity contribution in [3.05, 3.63) is 77.8 Å². The summed E-state index contributed by atoms with van der Waals surface area (Å²) < 4.78 is 45.1. The zero-order valence-electron chi connectivity index (χ0n) is 16.1. The molecular formula is C20H15F3N6O2. The van der Waals surface area contributed by atoms with E-state index < -0.39 is 17.6 Å². The molecule has 0 fully saturated rings. The standard InChI is InChI=1S/C20H15F3N6O2/c1-12-27-19(31-28-12)14-5-6-24-17(8-14)29-10-16(26-11-29)18(30)25-9-13-3-2-4-15(7-13)20(21,22)23/h2-8,10-11H,9H2,1H3,(H,25,30). The van der Waals surface area contributed by atoms with Crippen LogP contribution in [-0.4, -0.2) is 30.6 Å². The van der Waals surface area contributed by atoms with Crippen molar-refractivity contribution in [3.8, 4) is 17.3 Å². The van der Waals surface area contributed by atoms with Gasteiger partial charge in [0.15, 0.2) is 5.82 Å². The number of aromatic nitrogens is 5. The van der Waals surface area contributed by atoms with Gasteiger partial charge in [0.05, 0.1) is 5.56 Å². The Kier molecular flexibility index (Phi) is 5.24. The molecular weight excluding hydrogens is 413 g/mol. The lowest BCUT2D eigenvalue weighted by molar-refractivity contribution is -0.137. The van der Waals surface area contributed by atoms with Crippen LogP contribution in [0.5, 0.6) is 0 Å². The number of alkyl halides is 3. The first-order chi connectivity index (χ1) is 14.8. The molecule has 0 aliphatic heterocycles. The van der Waals surface area contributed by atoms with Gasteiger partial charge >= 0.3 is 6.18 Å². The van der Waals surface area contributed by atoms with Gasteiger partial charge in [-0.25, -0.2) is 9.97 Å². The second-order valence-electron chi connectivity index (χ2n) is 6.60. The summed E-state index contributed by atoms with van der Waals surface area (Å²) in [6, 6.07) is 8.16. The number of carbonyl (C=O) groups excluding carboxylic acids is 1. The summed E-state index contributed by atoms with van der Waals surface area (Å²) >= 11 is 0. The number of halogens is 3. The highest BCUT2D eigenvalue weighted by Gasteiger charge is 2.30. The number of carbonyl (C=O) groups is 1. The predicted molar refractivity (Wildman–Crippen MR) is 102 cm³/mol. The summed E-state index contributed by atoms with van der Waals surface area (Å²) in [6.07, 6.45) is -0.0190. The van der Waals surface area contributed by atoms with Crippen LogP contribution in [0.4, 0.5) is 13.2 Å². The van der Waals surface area contributed by atoms with Crippen LogP contribution in [0.25, 0.3) is 17.3 Å². The monoisotopic (exact) mass is 428 g/mol. The third-order valence-electron chi connectivity index (χ3n) is 4.31. The van der Waals surface area contributed by atoms with Crippen LogP contribution in [0.2, 0.25) is 0 Å². The Labute approximate surface area is 173 Å². The average molecular weight is 428 g/mol. The van der Waals surface area contributed by atoms with Gasteiger partial charge in [0.25, 0.3) is 11.8 Å². The molecule has 0 atom stereocenters. The van der Waals surface area contributed by atoms with Gasteiger partial charge in [0.2, 0.25) is 0 Å². The molecule has 158 valence electrons. The Morgan fingerprint density at radius 1 is 1.19 bits per heavy atom. The van der Waals surface area contributed by atoms with E-state index in [1.807, 2.05) is 0 Å². The molecule has 0 saturated heterocycles. The number of nitrogens with zero attached hydrogens (tertiary/aromatic N) is 5. The van der Waals surface area contributed by atoms with Gasteiger partial charge < -0.3 is 9.84 Å². The van der Waals surface area contributed by atoms with Crippen LogP contribution in [0.15, 0.2) is 59.6 Å². The van der Waals surface area contributed by atoms with Crippen molar-refractivity contribution in [2.75, 3.05) is 0 Å². The predicted octanol–water partition coefficient (Wildman–Crippen LogP) is 3.57. The van der Waals surface area contributed by atoms with Crippen molar-refractivity contribution in [2.45, 2.75) is 19.6 Å². The number of hydrogen-bond acceptors (Lipinski definition) is 6. The molecule has 0 aliphatic rings. The average Bonchev–Trinajstić information content (AvgIpc) is 3.41. The summed E-state index contributed by atoms with van der Waals surface area (Å²) in [5.74, 6) is 0.772. The smallest absolute Gasteiger partial charge is 0.347 e. The maximum atomic E-state index is 12.8. The van der Waals surface area contributed by atoms with Crippen LogP contribution in [0, 0.1) is 6.92 Å². The first-order valence-corrected chi connectivity index (χ1v) is 9.05. The minimum atomic E-state index is -4.44. The fourth-order valence-electron chi connectivity index (χ4n) is 2.80. The Bertz CT molecular complexity index is 1230. The molecule has 8 nitrogen and oxygen atoms in total. The van der Waals surface area contributed by atoms with Gasteiger partial charge in [-0.2, -0.15) is 18.2 Å². The van der Waals surface area contributed by atoms with Crippen LogP contribution in [0.1, 0.15) is 27.4 Å². The Balaban J connectivity index is 1.46. The number of hydrogen-bond donors (Lipinski definition) is 1. The summed E-state index contributed by atoms with van der Waals surface area (Å²) in [7, 11) is 0. The van der Waals surface area contributed by atoms with Gasteiger partial charge in [-0.05, 0) is 36.8 Å². The zero-order chi connectivity index (χ0) is 22.0. The molecule has 11 heteroatoms. The van der Waals surface area contributed by atoms with Crippen LogP contribution in [-0.2, 0) is 12.7 Å². The fraction of sp³-hybridized carbons (Fsp3) is 0.150. The number of pyridine rings is 1. The molecule has 1 N–H and O–H groups in total. The Hall–Kier alpha value is -4.02. The minimum Gasteiger partial charge on any atom is -0.347 e. The third-order valence-corrected chi connectivity index (χ3v) is 4.31. The summed E-state index contributed by atoms with van der Waals surface area (Å²) in [4.78, 5) is 24.8. The highest BCUT2D eigenvalue weighted by atomic mass is 19.4. The second-order valence-corrected chi connectivity index (χ2v) is 6.60. The van der Waals surface area contributed by atoms with Crippen molar-refractivity contribution in [1.82, 2.24) is 30.0 Å². The number of amides is 1. The van der Waals surface area contributed by atoms with E-state index in [0.29, 0.717) is 28.7 Å². The first kappa shape index (κ1) is 20.3. The molecule has 0 aliphatic carbocycles. The van der Waals surface area contributed by atoms with E-state index in [-0.39, 0.29) is 12.2 Å². The molecule has 31 heavy (non-hydrogen) atoms. The molecule has 0 spiro atoms. The number of imidazole rings is 1. The fourth-order valence-corrected chi connectivity index (χ4v) is 2.80. The molecule has 3 aromatic heterocycles. The lowest BCUT2D eigenvalue weighted by atomic mass is 10.1. The molecule has 0 saturated carbocycles. The van der Waals surface area contributed by atoms with Crippen LogP contribution >= 0.6 is 0 Å². The minimum absolute atomic E-state index is 0.0696. The molecule has 4 aromatic rings. The van der Waals surface area contributed by atoms with Crippen molar-refractivity contribution in [1.29, 1.82) is 0 Å². The number of nitrogens with one attached hydrogen (secondary N) is 1. The zero-order valence-corrected chi connectivity index (χ0v) is 16.1. The van der Waals surface area contributed by atoms with E-state index in [9.17, 15) is 18.0 Å². The number of benzene rings is 1. The van der Waals surface area contributed by atoms with Crippen molar-refractivity contribution >= 4 is 5.91 Å². The summed E-state index contributed by atoms with van der Waals surface area (Å²) in [6.45, 7) is 1.63. The van der Waals surface area contributed by atoms with Gasteiger partial charge in [-0.15, -0.1) is 0 Å². The van der Waals surface area contributed by atoms with E-state index in [4.69, 9.17) is 4.52 Å². The van der Waals surface area contributed by atoms with Crippen LogP contribution in [0.3, 0.4) is 0 Å². The van der Waals surface area contributed by atoms with E-state index in [1.165, 1.54) is 29.2 Å². The molecule has 0 radical (unpaired) electrons. The molecule has 1 amide bonds. The molecule has 4 rings (SSSR count). The van der Waals surface area contributed by atoms with Gasteiger partial charge in [0, 0.05) is 24.5 Å². The largest absolute Gasteiger partial charge is 0.416 e. The second kappa shape index (κ2) is 8.01. The van der Waals surface area contributed by atoms with E-state index >= 15 is 0 Å². The van der Waals surface area contributed by atoms with Crippen molar-refractivity contribution < 1.29 is 22.5 Å². The normalized spacial score (nSPS) is 11.5. The molecule has 0 unspecified atom stereocenters. The van der Waals surface area contributed by atoms with Crippen LogP contribution < -0.4 is 5.32 Å². The lowest BCUT2D eigenvalue weighted by Crippen LogP contribution is -2.23. The van der Waals surface area contributed by atoms with Gasteiger partial charge in [0.1, 0.15) is 17.8 Å². The first-order valence-electron chi connectivity index (χ1n) is 9.05. The Morgan fingerprint density at radius 2 is 2.03 bits per heavy atom. The molecule has 0 bridgehead atoms. The maximum Gasteiger partial charge on any atom is 0.416 e. The SMILES string of the molecule is Cc1noc(-c2ccnc(-n3cnc(C(=O)NCc4cccc(C(F)(F)F)c4)c3)c2)n1. The maximum absolute atomic E-state index is 12.8. The van der Waals surface area contributed by atoms with E-state index in [2.05, 4.69) is 25.4 Å². The van der Waals surface area contributed by atoms with Crippen molar-refractivity contribution in [2.24, 2.45) is 0 Å². The lowest BCUT2D eigenvalue weighted by Gasteiger charge is -2.09. The summed E-state index contributed by atoms with van der Waals surface area (Å²) in [5, 5.41) is 6.31. The topological polar surface area (TPSA) is 98.7 Å². The number of rotatable bonds is 5. The highest BCUT2D eigenvalue weighted by molar-refractivity contribution is 5.92. The molecule has 3 heterocycles. The third kappa shape index (κ3) is 4.60. The van der Waals surface area contributed by atoms with E-state index in [1.54, 1.807) is 25.3 Å². The van der Waals surface area contributed by atoms with Crippen molar-refractivity contribution in [3.63, 3.8) is 0 Å². The summed E-state index contributed by atoms with van der Waals surface area (Å²) in [5.41, 5.74) is 0.292. The quantitative estimate of drug-likeness (QED) is 0.522. The Morgan fingerprint density at radius 3 is 2.77 bits per heavy atom. The van der Waals surface area contributed by atoms with Gasteiger partial charge in [-0.3, -0.25) is 9.36 Å². The van der Waals surface area contributed by atoms with Gasteiger partial charge in [-0.1, -0.05) is 17.3 Å².